The van der Waals surface area contributed by atoms with Crippen LogP contribution in [0.5, 0.6) is 5.88 Å². The maximum Gasteiger partial charge on any atom is 0.291 e. The summed E-state index contributed by atoms with van der Waals surface area (Å²) in [5.41, 5.74) is 2.91. The zero-order chi connectivity index (χ0) is 22.2. The van der Waals surface area contributed by atoms with E-state index in [0.29, 0.717) is 30.3 Å². The number of hydrogen-bond donors (Lipinski definition) is 2. The van der Waals surface area contributed by atoms with Gasteiger partial charge in [-0.1, -0.05) is 42.5 Å². The second-order valence-corrected chi connectivity index (χ2v) is 6.97. The Morgan fingerprint density at radius 2 is 1.72 bits per heavy atom. The molecule has 0 unspecified atom stereocenters. The van der Waals surface area contributed by atoms with E-state index >= 15 is 0 Å². The lowest BCUT2D eigenvalue weighted by Gasteiger charge is -2.09. The highest BCUT2D eigenvalue weighted by molar-refractivity contribution is 6.02. The molecule has 160 valence electrons. The van der Waals surface area contributed by atoms with E-state index in [1.165, 1.54) is 6.26 Å². The molecule has 0 saturated carbocycles. The van der Waals surface area contributed by atoms with Crippen LogP contribution in [0.1, 0.15) is 32.0 Å². The summed E-state index contributed by atoms with van der Waals surface area (Å²) in [5, 5.41) is 5.64. The van der Waals surface area contributed by atoms with Gasteiger partial charge in [-0.3, -0.25) is 9.59 Å². The Bertz CT molecular complexity index is 1190. The number of furan rings is 1. The Morgan fingerprint density at radius 3 is 2.53 bits per heavy atom. The second kappa shape index (κ2) is 10.1. The van der Waals surface area contributed by atoms with Crippen LogP contribution in [0.2, 0.25) is 0 Å². The van der Waals surface area contributed by atoms with Crippen LogP contribution >= 0.6 is 0 Å². The first-order chi connectivity index (χ1) is 15.7. The lowest BCUT2D eigenvalue weighted by molar-refractivity contribution is 0.0948. The number of anilines is 1. The molecule has 2 heterocycles. The third-order valence-electron chi connectivity index (χ3n) is 4.61. The topological polar surface area (TPSA) is 93.5 Å². The van der Waals surface area contributed by atoms with Crippen molar-refractivity contribution < 1.29 is 18.7 Å². The lowest BCUT2D eigenvalue weighted by Crippen LogP contribution is -2.23. The van der Waals surface area contributed by atoms with Gasteiger partial charge in [-0.15, -0.1) is 0 Å². The summed E-state index contributed by atoms with van der Waals surface area (Å²) in [7, 11) is 0. The van der Waals surface area contributed by atoms with E-state index in [4.69, 9.17) is 9.15 Å². The zero-order valence-electron chi connectivity index (χ0n) is 17.2. The number of carbonyl (C=O) groups is 2. The van der Waals surface area contributed by atoms with Crippen molar-refractivity contribution in [3.8, 4) is 5.88 Å². The number of amides is 2. The molecule has 0 aliphatic carbocycles. The van der Waals surface area contributed by atoms with E-state index in [0.717, 1.165) is 11.1 Å². The molecular formula is C25H21N3O4. The lowest BCUT2D eigenvalue weighted by atomic mass is 10.2. The molecule has 0 bridgehead atoms. The molecule has 2 aromatic heterocycles. The van der Waals surface area contributed by atoms with Crippen molar-refractivity contribution >= 4 is 17.5 Å². The molecule has 7 heteroatoms. The molecule has 0 aliphatic rings. The van der Waals surface area contributed by atoms with Gasteiger partial charge in [0.2, 0.25) is 5.88 Å². The summed E-state index contributed by atoms with van der Waals surface area (Å²) in [6.07, 6.45) is 2.98. The van der Waals surface area contributed by atoms with E-state index in [2.05, 4.69) is 15.6 Å². The Labute approximate surface area is 185 Å². The van der Waals surface area contributed by atoms with Crippen molar-refractivity contribution in [2.24, 2.45) is 0 Å². The molecule has 4 rings (SSSR count). The molecule has 7 nitrogen and oxygen atoms in total. The number of nitrogens with zero attached hydrogens (tertiary/aromatic N) is 1. The summed E-state index contributed by atoms with van der Waals surface area (Å²) in [5.74, 6) is 0.0220. The smallest absolute Gasteiger partial charge is 0.291 e. The fraction of sp³-hybridized carbons (Fsp3) is 0.0800. The maximum atomic E-state index is 12.6. The fourth-order valence-electron chi connectivity index (χ4n) is 3.01. The minimum absolute atomic E-state index is 0.228. The first-order valence-corrected chi connectivity index (χ1v) is 10.0. The summed E-state index contributed by atoms with van der Waals surface area (Å²) >= 11 is 0. The monoisotopic (exact) mass is 427 g/mol. The molecule has 4 aromatic rings. The summed E-state index contributed by atoms with van der Waals surface area (Å²) in [6, 6.07) is 23.4. The minimum Gasteiger partial charge on any atom is -0.473 e. The number of ether oxygens (including phenoxy) is 1. The third-order valence-corrected chi connectivity index (χ3v) is 4.61. The van der Waals surface area contributed by atoms with E-state index < -0.39 is 0 Å². The van der Waals surface area contributed by atoms with E-state index in [-0.39, 0.29) is 17.6 Å². The van der Waals surface area contributed by atoms with E-state index in [9.17, 15) is 9.59 Å². The molecule has 0 atom stereocenters. The molecular weight excluding hydrogens is 406 g/mol. The van der Waals surface area contributed by atoms with Gasteiger partial charge in [0.25, 0.3) is 11.8 Å². The number of aromatic nitrogens is 1. The highest BCUT2D eigenvalue weighted by Crippen LogP contribution is 2.14. The number of nitrogens with one attached hydrogen (secondary N) is 2. The zero-order valence-corrected chi connectivity index (χ0v) is 17.2. The molecule has 0 spiro atoms. The van der Waals surface area contributed by atoms with Crippen molar-refractivity contribution in [1.82, 2.24) is 10.3 Å². The van der Waals surface area contributed by atoms with Crippen LogP contribution in [0.15, 0.2) is 95.7 Å². The Balaban J connectivity index is 1.33. The van der Waals surface area contributed by atoms with Gasteiger partial charge in [-0.25, -0.2) is 4.98 Å². The van der Waals surface area contributed by atoms with Gasteiger partial charge < -0.3 is 19.8 Å². The molecule has 0 aliphatic heterocycles. The van der Waals surface area contributed by atoms with Gasteiger partial charge in [0.15, 0.2) is 5.76 Å². The van der Waals surface area contributed by atoms with Crippen molar-refractivity contribution in [2.75, 3.05) is 5.32 Å². The van der Waals surface area contributed by atoms with Gasteiger partial charge in [0, 0.05) is 30.1 Å². The van der Waals surface area contributed by atoms with Gasteiger partial charge in [-0.05, 0) is 41.5 Å². The van der Waals surface area contributed by atoms with Crippen LogP contribution in [-0.4, -0.2) is 16.8 Å². The third kappa shape index (κ3) is 5.60. The maximum absolute atomic E-state index is 12.6. The minimum atomic E-state index is -0.337. The molecule has 0 radical (unpaired) electrons. The summed E-state index contributed by atoms with van der Waals surface area (Å²) < 4.78 is 10.8. The first kappa shape index (κ1) is 20.9. The number of carbonyl (C=O) groups excluding carboxylic acids is 2. The largest absolute Gasteiger partial charge is 0.473 e. The molecule has 32 heavy (non-hydrogen) atoms. The number of hydrogen-bond acceptors (Lipinski definition) is 5. The number of rotatable bonds is 8. The molecule has 0 saturated heterocycles. The van der Waals surface area contributed by atoms with Crippen LogP contribution in [0, 0.1) is 0 Å². The standard InChI is InChI=1S/C25H21N3O4/c29-24(20-11-12-26-23(15-20)32-17-18-6-2-1-3-7-18)27-16-19-8-4-9-21(14-19)28-25(30)22-10-5-13-31-22/h1-15H,16-17H2,(H,27,29)(H,28,30). The van der Waals surface area contributed by atoms with Crippen LogP contribution in [0.4, 0.5) is 5.69 Å². The normalized spacial score (nSPS) is 10.4. The van der Waals surface area contributed by atoms with Crippen LogP contribution in [0.25, 0.3) is 0 Å². The van der Waals surface area contributed by atoms with Gasteiger partial charge >= 0.3 is 0 Å². The Kier molecular flexibility index (Phi) is 6.57. The fourth-order valence-corrected chi connectivity index (χ4v) is 3.01. The van der Waals surface area contributed by atoms with Gasteiger partial charge in [-0.2, -0.15) is 0 Å². The first-order valence-electron chi connectivity index (χ1n) is 10.0. The molecule has 2 aromatic carbocycles. The summed E-state index contributed by atoms with van der Waals surface area (Å²) in [6.45, 7) is 0.668. The predicted octanol–water partition coefficient (Wildman–Crippen LogP) is 4.44. The highest BCUT2D eigenvalue weighted by atomic mass is 16.5. The summed E-state index contributed by atoms with van der Waals surface area (Å²) in [4.78, 5) is 28.9. The molecule has 2 N–H and O–H groups in total. The number of pyridine rings is 1. The highest BCUT2D eigenvalue weighted by Gasteiger charge is 2.10. The van der Waals surface area contributed by atoms with Crippen LogP contribution in [-0.2, 0) is 13.2 Å². The van der Waals surface area contributed by atoms with Crippen LogP contribution in [0.3, 0.4) is 0 Å². The Morgan fingerprint density at radius 1 is 0.875 bits per heavy atom. The molecule has 2 amide bonds. The van der Waals surface area contributed by atoms with Crippen molar-refractivity contribution in [2.45, 2.75) is 13.2 Å². The Hall–Kier alpha value is -4.39. The van der Waals surface area contributed by atoms with Crippen molar-refractivity contribution in [3.05, 3.63) is 114 Å². The van der Waals surface area contributed by atoms with E-state index in [1.807, 2.05) is 36.4 Å². The average molecular weight is 427 g/mol. The van der Waals surface area contributed by atoms with Gasteiger partial charge in [0.1, 0.15) is 6.61 Å². The predicted molar refractivity (Wildman–Crippen MR) is 119 cm³/mol. The SMILES string of the molecule is O=C(NCc1cccc(NC(=O)c2ccco2)c1)c1ccnc(OCc2ccccc2)c1. The molecule has 0 fully saturated rings. The van der Waals surface area contributed by atoms with Crippen molar-refractivity contribution in [1.29, 1.82) is 0 Å². The van der Waals surface area contributed by atoms with Crippen molar-refractivity contribution in [3.63, 3.8) is 0 Å². The average Bonchev–Trinajstić information content (AvgIpc) is 3.38. The number of benzene rings is 2. The van der Waals surface area contributed by atoms with Gasteiger partial charge in [0.05, 0.1) is 6.26 Å². The van der Waals surface area contributed by atoms with E-state index in [1.54, 1.807) is 48.7 Å². The quantitative estimate of drug-likeness (QED) is 0.434. The second-order valence-electron chi connectivity index (χ2n) is 6.97. The van der Waals surface area contributed by atoms with Crippen LogP contribution < -0.4 is 15.4 Å².